The molecule has 0 spiro atoms. The summed E-state index contributed by atoms with van der Waals surface area (Å²) in [5, 5.41) is 9.75. The van der Waals surface area contributed by atoms with Gasteiger partial charge in [0.05, 0.1) is 25.9 Å². The Hall–Kier alpha value is -0.120. The minimum absolute atomic E-state index is 0.0764. The second-order valence-electron chi connectivity index (χ2n) is 4.07. The van der Waals surface area contributed by atoms with Crippen molar-refractivity contribution in [3.8, 4) is 0 Å². The van der Waals surface area contributed by atoms with Crippen LogP contribution in [0.2, 0.25) is 0 Å². The summed E-state index contributed by atoms with van der Waals surface area (Å²) in [6.07, 6.45) is 4.34. The Morgan fingerprint density at radius 1 is 1.31 bits per heavy atom. The minimum Gasteiger partial charge on any atom is -0.390 e. The molecule has 2 atom stereocenters. The third kappa shape index (κ3) is 2.93. The van der Waals surface area contributed by atoms with Crippen molar-refractivity contribution in [3.05, 3.63) is 0 Å². The molecule has 1 saturated heterocycles. The van der Waals surface area contributed by atoms with Crippen LogP contribution in [0, 0.1) is 5.92 Å². The summed E-state index contributed by atoms with van der Waals surface area (Å²) in [5.74, 6) is 0.888. The fraction of sp³-hybridized carbons (Fsp3) is 1.00. The lowest BCUT2D eigenvalue weighted by Gasteiger charge is -2.27. The van der Waals surface area contributed by atoms with Gasteiger partial charge in [-0.25, -0.2) is 0 Å². The second kappa shape index (κ2) is 4.40. The molecule has 1 saturated carbocycles. The standard InChI is InChI=1S/C10H18O3/c11-9(4-3-8-1-2-8)10-7-12-5-6-13-10/h8-11H,1-7H2. The van der Waals surface area contributed by atoms with Crippen molar-refractivity contribution in [1.82, 2.24) is 0 Å². The van der Waals surface area contributed by atoms with Gasteiger partial charge in [-0.15, -0.1) is 0 Å². The quantitative estimate of drug-likeness (QED) is 0.710. The Kier molecular flexibility index (Phi) is 3.19. The molecule has 0 aromatic heterocycles. The first-order valence-corrected chi connectivity index (χ1v) is 5.23. The number of hydrogen-bond donors (Lipinski definition) is 1. The van der Waals surface area contributed by atoms with E-state index in [4.69, 9.17) is 9.47 Å². The fourth-order valence-electron chi connectivity index (χ4n) is 1.73. The molecular formula is C10H18O3. The number of ether oxygens (including phenoxy) is 2. The summed E-state index contributed by atoms with van der Waals surface area (Å²) in [7, 11) is 0. The average molecular weight is 186 g/mol. The van der Waals surface area contributed by atoms with Gasteiger partial charge in [0.15, 0.2) is 0 Å². The van der Waals surface area contributed by atoms with Crippen LogP contribution in [0.25, 0.3) is 0 Å². The van der Waals surface area contributed by atoms with Crippen LogP contribution in [0.1, 0.15) is 25.7 Å². The molecule has 2 rings (SSSR count). The predicted octanol–water partition coefficient (Wildman–Crippen LogP) is 0.953. The molecule has 0 aromatic rings. The second-order valence-corrected chi connectivity index (χ2v) is 4.07. The van der Waals surface area contributed by atoms with E-state index < -0.39 is 0 Å². The first-order chi connectivity index (χ1) is 6.36. The third-order valence-electron chi connectivity index (χ3n) is 2.84. The highest BCUT2D eigenvalue weighted by molar-refractivity contribution is 4.77. The Morgan fingerprint density at radius 2 is 2.15 bits per heavy atom. The van der Waals surface area contributed by atoms with Gasteiger partial charge in [0.1, 0.15) is 6.10 Å². The van der Waals surface area contributed by atoms with E-state index in [-0.39, 0.29) is 12.2 Å². The summed E-state index contributed by atoms with van der Waals surface area (Å²) < 4.78 is 10.7. The zero-order valence-electron chi connectivity index (χ0n) is 7.95. The summed E-state index contributed by atoms with van der Waals surface area (Å²) >= 11 is 0. The molecule has 2 aliphatic rings. The fourth-order valence-corrected chi connectivity index (χ4v) is 1.73. The predicted molar refractivity (Wildman–Crippen MR) is 48.5 cm³/mol. The molecular weight excluding hydrogens is 168 g/mol. The van der Waals surface area contributed by atoms with Crippen molar-refractivity contribution in [3.63, 3.8) is 0 Å². The van der Waals surface area contributed by atoms with Crippen molar-refractivity contribution in [1.29, 1.82) is 0 Å². The Labute approximate surface area is 79.0 Å². The molecule has 76 valence electrons. The van der Waals surface area contributed by atoms with Crippen LogP contribution in [0.3, 0.4) is 0 Å². The van der Waals surface area contributed by atoms with E-state index in [0.29, 0.717) is 19.8 Å². The minimum atomic E-state index is -0.319. The molecule has 0 radical (unpaired) electrons. The van der Waals surface area contributed by atoms with Gasteiger partial charge in [-0.2, -0.15) is 0 Å². The molecule has 3 heteroatoms. The molecule has 13 heavy (non-hydrogen) atoms. The van der Waals surface area contributed by atoms with E-state index in [0.717, 1.165) is 18.8 Å². The molecule has 0 aromatic carbocycles. The van der Waals surface area contributed by atoms with Crippen LogP contribution in [0.15, 0.2) is 0 Å². The first kappa shape index (κ1) is 9.44. The van der Waals surface area contributed by atoms with Gasteiger partial charge in [-0.1, -0.05) is 12.8 Å². The van der Waals surface area contributed by atoms with E-state index in [9.17, 15) is 5.11 Å². The topological polar surface area (TPSA) is 38.7 Å². The average Bonchev–Trinajstić information content (AvgIpc) is 2.99. The number of aliphatic hydroxyl groups is 1. The normalized spacial score (nSPS) is 31.6. The largest absolute Gasteiger partial charge is 0.390 e. The Morgan fingerprint density at radius 3 is 2.77 bits per heavy atom. The monoisotopic (exact) mass is 186 g/mol. The maximum atomic E-state index is 9.75. The van der Waals surface area contributed by atoms with Crippen LogP contribution in [0.5, 0.6) is 0 Å². The number of rotatable bonds is 4. The number of hydrogen-bond acceptors (Lipinski definition) is 3. The molecule has 0 bridgehead atoms. The van der Waals surface area contributed by atoms with Crippen molar-refractivity contribution in [2.24, 2.45) is 5.92 Å². The molecule has 1 N–H and O–H groups in total. The number of aliphatic hydroxyl groups excluding tert-OH is 1. The van der Waals surface area contributed by atoms with Crippen molar-refractivity contribution >= 4 is 0 Å². The SMILES string of the molecule is OC(CCC1CC1)C1COCCO1. The van der Waals surface area contributed by atoms with Crippen LogP contribution in [-0.4, -0.2) is 37.1 Å². The van der Waals surface area contributed by atoms with Gasteiger partial charge in [0.2, 0.25) is 0 Å². The van der Waals surface area contributed by atoms with E-state index in [1.54, 1.807) is 0 Å². The van der Waals surface area contributed by atoms with Gasteiger partial charge in [0.25, 0.3) is 0 Å². The van der Waals surface area contributed by atoms with E-state index >= 15 is 0 Å². The maximum absolute atomic E-state index is 9.75. The zero-order valence-corrected chi connectivity index (χ0v) is 7.95. The molecule has 2 unspecified atom stereocenters. The van der Waals surface area contributed by atoms with Gasteiger partial charge < -0.3 is 14.6 Å². The smallest absolute Gasteiger partial charge is 0.107 e. The Bertz CT molecular complexity index is 150. The Balaban J connectivity index is 1.64. The van der Waals surface area contributed by atoms with Gasteiger partial charge in [0, 0.05) is 0 Å². The van der Waals surface area contributed by atoms with E-state index in [1.165, 1.54) is 12.8 Å². The van der Waals surface area contributed by atoms with Crippen molar-refractivity contribution in [2.75, 3.05) is 19.8 Å². The lowest BCUT2D eigenvalue weighted by molar-refractivity contribution is -0.133. The van der Waals surface area contributed by atoms with Crippen LogP contribution >= 0.6 is 0 Å². The molecule has 0 amide bonds. The van der Waals surface area contributed by atoms with Crippen LogP contribution < -0.4 is 0 Å². The van der Waals surface area contributed by atoms with Crippen LogP contribution in [-0.2, 0) is 9.47 Å². The summed E-state index contributed by atoms with van der Waals surface area (Å²) in [5.41, 5.74) is 0. The van der Waals surface area contributed by atoms with Gasteiger partial charge in [-0.05, 0) is 18.8 Å². The zero-order chi connectivity index (χ0) is 9.10. The highest BCUT2D eigenvalue weighted by Crippen LogP contribution is 2.34. The first-order valence-electron chi connectivity index (χ1n) is 5.23. The van der Waals surface area contributed by atoms with Gasteiger partial charge >= 0.3 is 0 Å². The van der Waals surface area contributed by atoms with Crippen molar-refractivity contribution in [2.45, 2.75) is 37.9 Å². The molecule has 2 fully saturated rings. The highest BCUT2D eigenvalue weighted by atomic mass is 16.6. The lowest BCUT2D eigenvalue weighted by Crippen LogP contribution is -2.38. The lowest BCUT2D eigenvalue weighted by atomic mass is 10.1. The van der Waals surface area contributed by atoms with E-state index in [1.807, 2.05) is 0 Å². The summed E-state index contributed by atoms with van der Waals surface area (Å²) in [6.45, 7) is 1.86. The maximum Gasteiger partial charge on any atom is 0.107 e. The van der Waals surface area contributed by atoms with E-state index in [2.05, 4.69) is 0 Å². The molecule has 1 heterocycles. The highest BCUT2D eigenvalue weighted by Gasteiger charge is 2.27. The summed E-state index contributed by atoms with van der Waals surface area (Å²) in [4.78, 5) is 0. The van der Waals surface area contributed by atoms with Crippen molar-refractivity contribution < 1.29 is 14.6 Å². The third-order valence-corrected chi connectivity index (χ3v) is 2.84. The molecule has 3 nitrogen and oxygen atoms in total. The molecule has 1 aliphatic heterocycles. The summed E-state index contributed by atoms with van der Waals surface area (Å²) in [6, 6.07) is 0. The van der Waals surface area contributed by atoms with Gasteiger partial charge in [-0.3, -0.25) is 0 Å². The molecule has 1 aliphatic carbocycles. The van der Waals surface area contributed by atoms with Crippen LogP contribution in [0.4, 0.5) is 0 Å².